The highest BCUT2D eigenvalue weighted by Crippen LogP contribution is 2.12. The Bertz CT molecular complexity index is 687. The zero-order valence-corrected chi connectivity index (χ0v) is 12.4. The second-order valence-electron chi connectivity index (χ2n) is 4.58. The number of rotatable bonds is 5. The van der Waals surface area contributed by atoms with Crippen LogP contribution in [0.1, 0.15) is 24.8 Å². The summed E-state index contributed by atoms with van der Waals surface area (Å²) in [5.41, 5.74) is 1.08. The molecule has 0 aliphatic carbocycles. The quantitative estimate of drug-likeness (QED) is 0.627. The van der Waals surface area contributed by atoms with Gasteiger partial charge < -0.3 is 4.42 Å². The molecule has 19 heavy (non-hydrogen) atoms. The molecule has 0 spiro atoms. The molecule has 2 aromatic rings. The number of aryl methyl sites for hydroxylation is 2. The number of nitrogens with zero attached hydrogens (tertiary/aromatic N) is 1. The number of aromatic nitrogens is 1. The zero-order chi connectivity index (χ0) is 13.8. The van der Waals surface area contributed by atoms with Crippen molar-refractivity contribution < 1.29 is 4.42 Å². The summed E-state index contributed by atoms with van der Waals surface area (Å²) in [6, 6.07) is 5.47. The maximum atomic E-state index is 11.8. The fourth-order valence-electron chi connectivity index (χ4n) is 2.09. The standard InChI is InChI=1S/C14H16BrNO3/c1-10-5-6-12-11(9-10)13(17)19-14(18)16(12)8-4-2-3-7-15/h5-6,9H,2-4,7-8H2,1H3. The van der Waals surface area contributed by atoms with E-state index in [1.54, 1.807) is 10.6 Å². The first kappa shape index (κ1) is 14.1. The van der Waals surface area contributed by atoms with E-state index in [-0.39, 0.29) is 0 Å². The molecule has 0 aliphatic heterocycles. The second-order valence-corrected chi connectivity index (χ2v) is 5.37. The number of benzene rings is 1. The molecule has 1 heterocycles. The molecule has 1 aromatic carbocycles. The van der Waals surface area contributed by atoms with E-state index < -0.39 is 11.4 Å². The first-order valence-electron chi connectivity index (χ1n) is 6.34. The van der Waals surface area contributed by atoms with Crippen LogP contribution in [0.15, 0.2) is 32.2 Å². The minimum Gasteiger partial charge on any atom is -0.372 e. The van der Waals surface area contributed by atoms with E-state index in [9.17, 15) is 9.59 Å². The zero-order valence-electron chi connectivity index (χ0n) is 10.8. The molecule has 0 saturated heterocycles. The van der Waals surface area contributed by atoms with E-state index in [1.807, 2.05) is 19.1 Å². The third kappa shape index (κ3) is 3.15. The van der Waals surface area contributed by atoms with E-state index in [0.717, 1.165) is 30.2 Å². The molecule has 1 aromatic heterocycles. The van der Waals surface area contributed by atoms with Gasteiger partial charge >= 0.3 is 11.4 Å². The monoisotopic (exact) mass is 325 g/mol. The van der Waals surface area contributed by atoms with Crippen LogP contribution in [0.3, 0.4) is 0 Å². The van der Waals surface area contributed by atoms with Crippen molar-refractivity contribution in [1.82, 2.24) is 4.57 Å². The van der Waals surface area contributed by atoms with Crippen molar-refractivity contribution >= 4 is 26.8 Å². The first-order chi connectivity index (χ1) is 9.13. The fourth-order valence-corrected chi connectivity index (χ4v) is 2.49. The Balaban J connectivity index is 2.42. The molecule has 4 nitrogen and oxygen atoms in total. The van der Waals surface area contributed by atoms with Crippen molar-refractivity contribution in [2.24, 2.45) is 0 Å². The number of fused-ring (bicyclic) bond motifs is 1. The Morgan fingerprint density at radius 2 is 2.00 bits per heavy atom. The van der Waals surface area contributed by atoms with E-state index >= 15 is 0 Å². The maximum Gasteiger partial charge on any atom is 0.422 e. The van der Waals surface area contributed by atoms with Crippen LogP contribution in [-0.4, -0.2) is 9.90 Å². The predicted molar refractivity (Wildman–Crippen MR) is 79.1 cm³/mol. The number of alkyl halides is 1. The lowest BCUT2D eigenvalue weighted by molar-refractivity contribution is 0.410. The van der Waals surface area contributed by atoms with Crippen LogP contribution in [0.2, 0.25) is 0 Å². The third-order valence-corrected chi connectivity index (χ3v) is 3.64. The average Bonchev–Trinajstić information content (AvgIpc) is 2.38. The van der Waals surface area contributed by atoms with Gasteiger partial charge in [-0.15, -0.1) is 0 Å². The fraction of sp³-hybridized carbons (Fsp3) is 0.429. The summed E-state index contributed by atoms with van der Waals surface area (Å²) in [4.78, 5) is 23.5. The van der Waals surface area contributed by atoms with Crippen LogP contribution in [0.4, 0.5) is 0 Å². The van der Waals surface area contributed by atoms with Crippen LogP contribution >= 0.6 is 15.9 Å². The van der Waals surface area contributed by atoms with Crippen molar-refractivity contribution in [3.63, 3.8) is 0 Å². The summed E-state index contributed by atoms with van der Waals surface area (Å²) in [5.74, 6) is -0.569. The lowest BCUT2D eigenvalue weighted by atomic mass is 10.1. The van der Waals surface area contributed by atoms with Crippen LogP contribution in [0.25, 0.3) is 10.9 Å². The van der Waals surface area contributed by atoms with Gasteiger partial charge in [0.05, 0.1) is 10.9 Å². The molecule has 0 amide bonds. The molecule has 0 atom stereocenters. The van der Waals surface area contributed by atoms with Gasteiger partial charge in [-0.1, -0.05) is 34.0 Å². The van der Waals surface area contributed by atoms with Crippen molar-refractivity contribution in [3.8, 4) is 0 Å². The van der Waals surface area contributed by atoms with E-state index in [2.05, 4.69) is 15.9 Å². The van der Waals surface area contributed by atoms with Gasteiger partial charge in [0.1, 0.15) is 0 Å². The third-order valence-electron chi connectivity index (χ3n) is 3.08. The SMILES string of the molecule is Cc1ccc2c(c1)c(=O)oc(=O)n2CCCCCBr. The topological polar surface area (TPSA) is 52.2 Å². The molecular formula is C14H16BrNO3. The molecule has 102 valence electrons. The summed E-state index contributed by atoms with van der Waals surface area (Å²) >= 11 is 3.38. The molecule has 0 radical (unpaired) electrons. The highest BCUT2D eigenvalue weighted by molar-refractivity contribution is 9.09. The minimum atomic E-state index is -0.569. The molecule has 0 aliphatic rings. The summed E-state index contributed by atoms with van der Waals surface area (Å²) in [5, 5.41) is 1.44. The highest BCUT2D eigenvalue weighted by Gasteiger charge is 2.09. The maximum absolute atomic E-state index is 11.8. The average molecular weight is 326 g/mol. The number of hydrogen-bond donors (Lipinski definition) is 0. The largest absolute Gasteiger partial charge is 0.422 e. The Labute approximate surface area is 119 Å². The molecule has 0 unspecified atom stereocenters. The summed E-state index contributed by atoms with van der Waals surface area (Å²) in [7, 11) is 0. The van der Waals surface area contributed by atoms with Gasteiger partial charge in [0, 0.05) is 11.9 Å². The van der Waals surface area contributed by atoms with Crippen LogP contribution in [0, 0.1) is 6.92 Å². The van der Waals surface area contributed by atoms with Crippen LogP contribution in [-0.2, 0) is 6.54 Å². The molecule has 5 heteroatoms. The molecule has 2 rings (SSSR count). The Morgan fingerprint density at radius 3 is 2.74 bits per heavy atom. The van der Waals surface area contributed by atoms with Crippen molar-refractivity contribution in [3.05, 3.63) is 44.7 Å². The van der Waals surface area contributed by atoms with Crippen molar-refractivity contribution in [2.45, 2.75) is 32.7 Å². The van der Waals surface area contributed by atoms with Gasteiger partial charge in [-0.25, -0.2) is 9.59 Å². The Kier molecular flexibility index (Phi) is 4.58. The van der Waals surface area contributed by atoms with Crippen molar-refractivity contribution in [1.29, 1.82) is 0 Å². The highest BCUT2D eigenvalue weighted by atomic mass is 79.9. The number of unbranched alkanes of at least 4 members (excludes halogenated alkanes) is 2. The molecule has 0 fully saturated rings. The predicted octanol–water partition coefficient (Wildman–Crippen LogP) is 2.83. The normalized spacial score (nSPS) is 11.1. The van der Waals surface area contributed by atoms with Gasteiger partial charge in [0.15, 0.2) is 0 Å². The second kappa shape index (κ2) is 6.19. The minimum absolute atomic E-state index is 0.472. The lowest BCUT2D eigenvalue weighted by Gasteiger charge is -2.08. The summed E-state index contributed by atoms with van der Waals surface area (Å²) in [6.45, 7) is 2.49. The lowest BCUT2D eigenvalue weighted by Crippen LogP contribution is -2.25. The van der Waals surface area contributed by atoms with Gasteiger partial charge in [0.25, 0.3) is 0 Å². The van der Waals surface area contributed by atoms with E-state index in [0.29, 0.717) is 17.4 Å². The molecular weight excluding hydrogens is 310 g/mol. The van der Waals surface area contributed by atoms with Gasteiger partial charge in [-0.2, -0.15) is 0 Å². The number of halogens is 1. The molecule has 0 N–H and O–H groups in total. The van der Waals surface area contributed by atoms with Gasteiger partial charge in [-0.3, -0.25) is 4.57 Å². The summed E-state index contributed by atoms with van der Waals surface area (Å²) in [6.07, 6.45) is 2.99. The molecule has 0 saturated carbocycles. The Morgan fingerprint density at radius 1 is 1.21 bits per heavy atom. The molecule has 0 bridgehead atoms. The van der Waals surface area contributed by atoms with Crippen LogP contribution < -0.4 is 11.4 Å². The van der Waals surface area contributed by atoms with Gasteiger partial charge in [-0.05, 0) is 31.9 Å². The Hall–Kier alpha value is -1.36. The number of hydrogen-bond acceptors (Lipinski definition) is 3. The van der Waals surface area contributed by atoms with Gasteiger partial charge in [0.2, 0.25) is 0 Å². The van der Waals surface area contributed by atoms with Crippen molar-refractivity contribution in [2.75, 3.05) is 5.33 Å². The first-order valence-corrected chi connectivity index (χ1v) is 7.46. The smallest absolute Gasteiger partial charge is 0.372 e. The summed E-state index contributed by atoms with van der Waals surface area (Å²) < 4.78 is 6.32. The van der Waals surface area contributed by atoms with E-state index in [1.165, 1.54) is 0 Å². The van der Waals surface area contributed by atoms with E-state index in [4.69, 9.17) is 4.42 Å². The van der Waals surface area contributed by atoms with Crippen LogP contribution in [0.5, 0.6) is 0 Å².